The quantitative estimate of drug-likeness (QED) is 0.894. The van der Waals surface area contributed by atoms with Gasteiger partial charge >= 0.3 is 0 Å². The number of hydrogen-bond acceptors (Lipinski definition) is 3. The smallest absolute Gasteiger partial charge is 0.206 e. The van der Waals surface area contributed by atoms with E-state index in [4.69, 9.17) is 0 Å². The van der Waals surface area contributed by atoms with Crippen LogP contribution in [-0.4, -0.2) is 13.5 Å². The largest absolute Gasteiger partial charge is 0.511 e. The van der Waals surface area contributed by atoms with E-state index in [1.807, 2.05) is 6.07 Å². The molecule has 0 spiro atoms. The third kappa shape index (κ3) is 3.00. The zero-order valence-electron chi connectivity index (χ0n) is 11.2. The van der Waals surface area contributed by atoms with Gasteiger partial charge in [-0.3, -0.25) is 0 Å². The van der Waals surface area contributed by atoms with Gasteiger partial charge in [0, 0.05) is 6.42 Å². The molecule has 0 atom stereocenters. The Morgan fingerprint density at radius 2 is 1.63 bits per heavy atom. The third-order valence-corrected chi connectivity index (χ3v) is 5.72. The summed E-state index contributed by atoms with van der Waals surface area (Å²) < 4.78 is 25.3. The molecule has 0 amide bonds. The van der Waals surface area contributed by atoms with Gasteiger partial charge in [0.15, 0.2) is 0 Å². The van der Waals surface area contributed by atoms with Crippen molar-refractivity contribution in [2.45, 2.75) is 50.3 Å². The van der Waals surface area contributed by atoms with Crippen molar-refractivity contribution >= 4 is 9.84 Å². The van der Waals surface area contributed by atoms with Crippen molar-refractivity contribution in [1.82, 2.24) is 0 Å². The lowest BCUT2D eigenvalue weighted by atomic mass is 10.1. The minimum absolute atomic E-state index is 0.0583. The molecule has 0 saturated heterocycles. The minimum Gasteiger partial charge on any atom is -0.511 e. The first-order valence-corrected chi connectivity index (χ1v) is 8.23. The Bertz CT molecular complexity index is 585. The van der Waals surface area contributed by atoms with Crippen molar-refractivity contribution in [1.29, 1.82) is 0 Å². The first-order chi connectivity index (χ1) is 9.03. The molecule has 1 aliphatic carbocycles. The van der Waals surface area contributed by atoms with E-state index >= 15 is 0 Å². The van der Waals surface area contributed by atoms with E-state index in [0.29, 0.717) is 17.7 Å². The Morgan fingerprint density at radius 1 is 1.00 bits per heavy atom. The van der Waals surface area contributed by atoms with Gasteiger partial charge in [-0.25, -0.2) is 8.42 Å². The average Bonchev–Trinajstić information content (AvgIpc) is 2.34. The molecule has 0 unspecified atom stereocenters. The summed E-state index contributed by atoms with van der Waals surface area (Å²) in [6.07, 6.45) is 4.69. The molecule has 0 bridgehead atoms. The highest BCUT2D eigenvalue weighted by Crippen LogP contribution is 2.31. The van der Waals surface area contributed by atoms with Crippen LogP contribution in [-0.2, 0) is 9.84 Å². The Balaban J connectivity index is 2.48. The maximum absolute atomic E-state index is 12.7. The van der Waals surface area contributed by atoms with Gasteiger partial charge in [-0.1, -0.05) is 31.0 Å². The van der Waals surface area contributed by atoms with Gasteiger partial charge in [0.1, 0.15) is 5.76 Å². The zero-order chi connectivity index (χ0) is 13.9. The summed E-state index contributed by atoms with van der Waals surface area (Å²) in [6.45, 7) is 1.79. The van der Waals surface area contributed by atoms with Crippen LogP contribution in [0.25, 0.3) is 0 Å². The second-order valence-electron chi connectivity index (χ2n) is 5.05. The summed E-state index contributed by atoms with van der Waals surface area (Å²) in [6, 6.07) is 6.94. The van der Waals surface area contributed by atoms with Crippen LogP contribution in [0.2, 0.25) is 0 Å². The number of benzene rings is 1. The van der Waals surface area contributed by atoms with Crippen molar-refractivity contribution in [3.05, 3.63) is 40.5 Å². The van der Waals surface area contributed by atoms with Gasteiger partial charge in [0.25, 0.3) is 0 Å². The van der Waals surface area contributed by atoms with Gasteiger partial charge in [-0.2, -0.15) is 0 Å². The third-order valence-electron chi connectivity index (χ3n) is 3.60. The SMILES string of the molecule is Cc1ccccc1S(=O)(=O)C1=C(O)CCCCCC1. The summed E-state index contributed by atoms with van der Waals surface area (Å²) in [5, 5.41) is 10.1. The highest BCUT2D eigenvalue weighted by molar-refractivity contribution is 7.95. The van der Waals surface area contributed by atoms with Crippen molar-refractivity contribution in [2.24, 2.45) is 0 Å². The number of allylic oxidation sites excluding steroid dienone is 2. The first-order valence-electron chi connectivity index (χ1n) is 6.75. The highest BCUT2D eigenvalue weighted by Gasteiger charge is 2.26. The fraction of sp³-hybridized carbons (Fsp3) is 0.467. The average molecular weight is 280 g/mol. The molecule has 104 valence electrons. The molecule has 19 heavy (non-hydrogen) atoms. The fourth-order valence-electron chi connectivity index (χ4n) is 2.50. The molecule has 1 aliphatic rings. The molecule has 0 heterocycles. The molecule has 2 rings (SSSR count). The van der Waals surface area contributed by atoms with Crippen LogP contribution in [0.15, 0.2) is 39.8 Å². The van der Waals surface area contributed by atoms with Gasteiger partial charge < -0.3 is 5.11 Å². The van der Waals surface area contributed by atoms with E-state index < -0.39 is 9.84 Å². The molecular formula is C15H20O3S. The lowest BCUT2D eigenvalue weighted by molar-refractivity contribution is 0.368. The van der Waals surface area contributed by atoms with E-state index in [0.717, 1.165) is 31.2 Å². The van der Waals surface area contributed by atoms with E-state index in [9.17, 15) is 13.5 Å². The van der Waals surface area contributed by atoms with Crippen molar-refractivity contribution in [3.8, 4) is 0 Å². The highest BCUT2D eigenvalue weighted by atomic mass is 32.2. The van der Waals surface area contributed by atoms with Crippen LogP contribution in [0.1, 0.15) is 44.1 Å². The Hall–Kier alpha value is -1.29. The molecule has 0 saturated carbocycles. The number of hydrogen-bond donors (Lipinski definition) is 1. The second kappa shape index (κ2) is 5.78. The first kappa shape index (κ1) is 14.1. The lowest BCUT2D eigenvalue weighted by Crippen LogP contribution is -2.11. The molecule has 0 aromatic heterocycles. The summed E-state index contributed by atoms with van der Waals surface area (Å²) >= 11 is 0. The van der Waals surface area contributed by atoms with Crippen LogP contribution in [0.4, 0.5) is 0 Å². The zero-order valence-corrected chi connectivity index (χ0v) is 12.0. The van der Waals surface area contributed by atoms with E-state index in [-0.39, 0.29) is 10.7 Å². The molecule has 0 fully saturated rings. The molecule has 0 aliphatic heterocycles. The van der Waals surface area contributed by atoms with Crippen LogP contribution in [0.5, 0.6) is 0 Å². The van der Waals surface area contributed by atoms with Crippen molar-refractivity contribution < 1.29 is 13.5 Å². The summed E-state index contributed by atoms with van der Waals surface area (Å²) in [7, 11) is -3.55. The van der Waals surface area contributed by atoms with Gasteiger partial charge in [0.05, 0.1) is 9.80 Å². The van der Waals surface area contributed by atoms with Gasteiger partial charge in [-0.05, 0) is 37.8 Å². The normalized spacial score (nSPS) is 17.9. The molecule has 4 heteroatoms. The van der Waals surface area contributed by atoms with Crippen LogP contribution >= 0.6 is 0 Å². The van der Waals surface area contributed by atoms with Crippen LogP contribution < -0.4 is 0 Å². The number of sulfone groups is 1. The topological polar surface area (TPSA) is 54.4 Å². The predicted molar refractivity (Wildman–Crippen MR) is 75.7 cm³/mol. The monoisotopic (exact) mass is 280 g/mol. The molecule has 3 nitrogen and oxygen atoms in total. The van der Waals surface area contributed by atoms with Crippen LogP contribution in [0.3, 0.4) is 0 Å². The standard InChI is InChI=1S/C15H20O3S/c1-12-8-6-7-10-14(12)19(17,18)15-11-5-3-2-4-9-13(15)16/h6-8,10,16H,2-5,9,11H2,1H3. The van der Waals surface area contributed by atoms with Gasteiger partial charge in [-0.15, -0.1) is 0 Å². The lowest BCUT2D eigenvalue weighted by Gasteiger charge is -2.16. The summed E-state index contributed by atoms with van der Waals surface area (Å²) in [5.74, 6) is 0.0583. The fourth-order valence-corrected chi connectivity index (χ4v) is 4.34. The van der Waals surface area contributed by atoms with E-state index in [1.54, 1.807) is 25.1 Å². The van der Waals surface area contributed by atoms with Crippen molar-refractivity contribution in [2.75, 3.05) is 0 Å². The summed E-state index contributed by atoms with van der Waals surface area (Å²) in [5.41, 5.74) is 0.727. The number of aliphatic hydroxyl groups excluding tert-OH is 1. The Kier molecular flexibility index (Phi) is 4.30. The van der Waals surface area contributed by atoms with Crippen LogP contribution in [0, 0.1) is 6.92 Å². The maximum Gasteiger partial charge on any atom is 0.206 e. The summed E-state index contributed by atoms with van der Waals surface area (Å²) in [4.78, 5) is 0.540. The molecule has 1 N–H and O–H groups in total. The second-order valence-corrected chi connectivity index (χ2v) is 6.99. The molecule has 0 radical (unpaired) electrons. The maximum atomic E-state index is 12.7. The Morgan fingerprint density at radius 3 is 2.32 bits per heavy atom. The van der Waals surface area contributed by atoms with Gasteiger partial charge in [0.2, 0.25) is 9.84 Å². The predicted octanol–water partition coefficient (Wildman–Crippen LogP) is 3.89. The molecule has 1 aromatic rings. The number of rotatable bonds is 2. The van der Waals surface area contributed by atoms with E-state index in [1.165, 1.54) is 0 Å². The number of aryl methyl sites for hydroxylation is 1. The number of aliphatic hydroxyl groups is 1. The van der Waals surface area contributed by atoms with Crippen molar-refractivity contribution in [3.63, 3.8) is 0 Å². The Labute approximate surface area is 114 Å². The molecular weight excluding hydrogens is 260 g/mol. The van der Waals surface area contributed by atoms with E-state index in [2.05, 4.69) is 0 Å². The minimum atomic E-state index is -3.55. The molecule has 1 aromatic carbocycles.